The van der Waals surface area contributed by atoms with Crippen LogP contribution in [0.2, 0.25) is 0 Å². The van der Waals surface area contributed by atoms with Crippen LogP contribution in [0.3, 0.4) is 0 Å². The van der Waals surface area contributed by atoms with Crippen molar-refractivity contribution in [2.24, 2.45) is 0 Å². The smallest absolute Gasteiger partial charge is 0.338 e. The lowest BCUT2D eigenvalue weighted by Gasteiger charge is -2.48. The fraction of sp³-hybridized carbons (Fsp3) is 0.315. The molecule has 11 heteroatoms. The van der Waals surface area contributed by atoms with Crippen molar-refractivity contribution in [3.63, 3.8) is 0 Å². The van der Waals surface area contributed by atoms with E-state index >= 15 is 0 Å². The van der Waals surface area contributed by atoms with E-state index in [9.17, 15) is 4.79 Å². The number of hydrogen-bond acceptors (Lipinski definition) is 11. The molecule has 65 heavy (non-hydrogen) atoms. The molecule has 0 radical (unpaired) electrons. The zero-order valence-electron chi connectivity index (χ0n) is 36.0. The molecule has 3 fully saturated rings. The van der Waals surface area contributed by atoms with E-state index in [1.807, 2.05) is 158 Å². The van der Waals surface area contributed by atoms with Gasteiger partial charge >= 0.3 is 5.97 Å². The molecule has 6 aromatic carbocycles. The molecule has 3 aliphatic rings. The lowest BCUT2D eigenvalue weighted by Crippen LogP contribution is -2.65. The summed E-state index contributed by atoms with van der Waals surface area (Å²) in [5, 5.41) is 0. The summed E-state index contributed by atoms with van der Waals surface area (Å²) in [4.78, 5) is 13.7. The second-order valence-corrected chi connectivity index (χ2v) is 16.3. The SMILES string of the molecule is O=C(O[C@H]1[C@H]2OC[C@H](O2)[C@@H](O[C@H]2O[C@H](COCc3ccccc3)[C@@H](OCc3ccccc3)[C@H](OCc3ccccc3)[C@@H]2OCc2ccccc2)[C@@H]1OCc1ccccc1)c1ccccc1. The second kappa shape index (κ2) is 22.6. The third-order valence-electron chi connectivity index (χ3n) is 11.7. The number of esters is 1. The van der Waals surface area contributed by atoms with Crippen molar-refractivity contribution < 1.29 is 52.2 Å². The first-order valence-electron chi connectivity index (χ1n) is 22.2. The fourth-order valence-electron chi connectivity index (χ4n) is 8.36. The van der Waals surface area contributed by atoms with Crippen LogP contribution >= 0.6 is 0 Å². The molecular formula is C54H54O11. The van der Waals surface area contributed by atoms with Crippen molar-refractivity contribution in [3.05, 3.63) is 215 Å². The lowest BCUT2D eigenvalue weighted by atomic mass is 9.96. The number of benzene rings is 6. The molecule has 0 saturated carbocycles. The molecule has 10 atom stereocenters. The van der Waals surface area contributed by atoms with Crippen molar-refractivity contribution in [1.29, 1.82) is 0 Å². The molecule has 0 spiro atoms. The number of carbonyl (C=O) groups is 1. The molecule has 9 rings (SSSR count). The van der Waals surface area contributed by atoms with Gasteiger partial charge in [-0.25, -0.2) is 4.79 Å². The number of carbonyl (C=O) groups excluding carboxylic acids is 1. The summed E-state index contributed by atoms with van der Waals surface area (Å²) < 4.78 is 67.1. The van der Waals surface area contributed by atoms with Crippen LogP contribution < -0.4 is 0 Å². The van der Waals surface area contributed by atoms with E-state index in [2.05, 4.69) is 0 Å². The summed E-state index contributed by atoms with van der Waals surface area (Å²) in [6, 6.07) is 58.5. The Morgan fingerprint density at radius 3 is 1.35 bits per heavy atom. The Kier molecular flexibility index (Phi) is 15.5. The van der Waals surface area contributed by atoms with Crippen LogP contribution in [0.5, 0.6) is 0 Å². The van der Waals surface area contributed by atoms with Gasteiger partial charge in [0.15, 0.2) is 18.7 Å². The predicted molar refractivity (Wildman–Crippen MR) is 240 cm³/mol. The highest BCUT2D eigenvalue weighted by Gasteiger charge is 2.57. The summed E-state index contributed by atoms with van der Waals surface area (Å²) in [5.41, 5.74) is 5.25. The normalized spacial score (nSPS) is 26.1. The molecule has 0 amide bonds. The van der Waals surface area contributed by atoms with Gasteiger partial charge in [0.25, 0.3) is 0 Å². The molecule has 3 aliphatic heterocycles. The Morgan fingerprint density at radius 2 is 0.862 bits per heavy atom. The highest BCUT2D eigenvalue weighted by molar-refractivity contribution is 5.89. The predicted octanol–water partition coefficient (Wildman–Crippen LogP) is 8.64. The maximum atomic E-state index is 13.7. The highest BCUT2D eigenvalue weighted by atomic mass is 16.8. The van der Waals surface area contributed by atoms with Crippen LogP contribution in [0.4, 0.5) is 0 Å². The maximum absolute atomic E-state index is 13.7. The van der Waals surface area contributed by atoms with Crippen molar-refractivity contribution in [2.75, 3.05) is 13.2 Å². The zero-order chi connectivity index (χ0) is 44.0. The Bertz CT molecular complexity index is 2310. The summed E-state index contributed by atoms with van der Waals surface area (Å²) in [7, 11) is 0. The van der Waals surface area contributed by atoms with E-state index in [0.29, 0.717) is 12.2 Å². The quantitative estimate of drug-likeness (QED) is 0.0688. The standard InChI is InChI=1S/C54H54O11/c55-52(43-29-17-6-18-30-43)64-51-49(59-34-41-25-13-4-14-26-41)47(45-37-61-53(51)62-45)65-54-50(60-35-42-27-15-5-16-28-42)48(58-33-40-23-11-3-12-24-40)46(57-32-39-21-9-2-10-22-39)44(63-54)36-56-31-38-19-7-1-8-20-38/h1-30,44-51,53-54H,31-37H2/t44-,45+,46-,47-,48+,49+,50+,51-,53+,54-/m1/s1. The van der Waals surface area contributed by atoms with Gasteiger partial charge in [0, 0.05) is 0 Å². The van der Waals surface area contributed by atoms with Crippen molar-refractivity contribution in [1.82, 2.24) is 0 Å². The maximum Gasteiger partial charge on any atom is 0.338 e. The Labute approximate surface area is 380 Å². The van der Waals surface area contributed by atoms with Crippen molar-refractivity contribution in [3.8, 4) is 0 Å². The van der Waals surface area contributed by atoms with Gasteiger partial charge in [0.2, 0.25) is 0 Å². The zero-order valence-corrected chi connectivity index (χ0v) is 36.0. The van der Waals surface area contributed by atoms with Crippen LogP contribution in [-0.4, -0.2) is 80.6 Å². The molecule has 3 heterocycles. The minimum atomic E-state index is -1.08. The van der Waals surface area contributed by atoms with E-state index in [-0.39, 0.29) is 39.6 Å². The van der Waals surface area contributed by atoms with Gasteiger partial charge in [0.1, 0.15) is 42.7 Å². The number of hydrogen-bond donors (Lipinski definition) is 0. The molecule has 6 aromatic rings. The molecule has 3 saturated heterocycles. The number of fused-ring (bicyclic) bond motifs is 2. The van der Waals surface area contributed by atoms with Gasteiger partial charge in [-0.1, -0.05) is 170 Å². The monoisotopic (exact) mass is 878 g/mol. The van der Waals surface area contributed by atoms with E-state index < -0.39 is 67.4 Å². The topological polar surface area (TPSA) is 109 Å². The molecule has 0 N–H and O–H groups in total. The van der Waals surface area contributed by atoms with Gasteiger partial charge in [-0.15, -0.1) is 0 Å². The van der Waals surface area contributed by atoms with Crippen LogP contribution in [0.25, 0.3) is 0 Å². The average Bonchev–Trinajstić information content (AvgIpc) is 3.81. The highest BCUT2D eigenvalue weighted by Crippen LogP contribution is 2.39. The molecule has 0 unspecified atom stereocenters. The van der Waals surface area contributed by atoms with Crippen LogP contribution in [0.15, 0.2) is 182 Å². The first kappa shape index (κ1) is 44.6. The van der Waals surface area contributed by atoms with Crippen LogP contribution in [-0.2, 0) is 80.4 Å². The van der Waals surface area contributed by atoms with Crippen LogP contribution in [0, 0.1) is 0 Å². The summed E-state index contributed by atoms with van der Waals surface area (Å²) in [6.45, 7) is 1.64. The minimum Gasteiger partial charge on any atom is -0.450 e. The summed E-state index contributed by atoms with van der Waals surface area (Å²) in [6.07, 6.45) is -8.25. The van der Waals surface area contributed by atoms with Gasteiger partial charge in [0.05, 0.1) is 51.8 Å². The van der Waals surface area contributed by atoms with Gasteiger partial charge in [-0.2, -0.15) is 0 Å². The summed E-state index contributed by atoms with van der Waals surface area (Å²) >= 11 is 0. The third-order valence-corrected chi connectivity index (χ3v) is 11.7. The van der Waals surface area contributed by atoms with Crippen molar-refractivity contribution >= 4 is 5.97 Å². The van der Waals surface area contributed by atoms with E-state index in [0.717, 1.165) is 27.8 Å². The van der Waals surface area contributed by atoms with Gasteiger partial charge in [-0.3, -0.25) is 0 Å². The molecule has 336 valence electrons. The molecule has 0 aromatic heterocycles. The van der Waals surface area contributed by atoms with Crippen molar-refractivity contribution in [2.45, 2.75) is 94.4 Å². The fourth-order valence-corrected chi connectivity index (χ4v) is 8.36. The molecular weight excluding hydrogens is 825 g/mol. The number of ether oxygens (including phenoxy) is 10. The van der Waals surface area contributed by atoms with E-state index in [1.165, 1.54) is 0 Å². The second-order valence-electron chi connectivity index (χ2n) is 16.3. The molecule has 0 aliphatic carbocycles. The largest absolute Gasteiger partial charge is 0.450 e. The lowest BCUT2D eigenvalue weighted by molar-refractivity contribution is -0.357. The molecule has 11 nitrogen and oxygen atoms in total. The van der Waals surface area contributed by atoms with Crippen LogP contribution in [0.1, 0.15) is 38.2 Å². The van der Waals surface area contributed by atoms with E-state index in [4.69, 9.17) is 47.4 Å². The Hall–Kier alpha value is -5.57. The third kappa shape index (κ3) is 11.8. The Morgan fingerprint density at radius 1 is 0.446 bits per heavy atom. The van der Waals surface area contributed by atoms with E-state index in [1.54, 1.807) is 24.3 Å². The number of rotatable bonds is 20. The first-order chi connectivity index (χ1) is 32.1. The van der Waals surface area contributed by atoms with Gasteiger partial charge < -0.3 is 47.4 Å². The molecule has 2 bridgehead atoms. The Balaban J connectivity index is 1.07. The average molecular weight is 879 g/mol. The van der Waals surface area contributed by atoms with Gasteiger partial charge in [-0.05, 0) is 39.9 Å². The summed E-state index contributed by atoms with van der Waals surface area (Å²) in [5.74, 6) is -0.540. The minimum absolute atomic E-state index is 0.145. The first-order valence-corrected chi connectivity index (χ1v) is 22.2.